The zero-order valence-electron chi connectivity index (χ0n) is 36.0. The van der Waals surface area contributed by atoms with Gasteiger partial charge in [-0.05, 0) is 131 Å². The molecule has 0 spiro atoms. The number of hydrogen-bond acceptors (Lipinski definition) is 3. The number of imidazole rings is 1. The largest absolute Gasteiger partial charge is 0.291 e. The Balaban J connectivity index is 0.859. The lowest BCUT2D eigenvalue weighted by Gasteiger charge is -2.14. The monoisotopic (exact) mass is 884 g/mol. The number of thiophene rings is 2. The summed E-state index contributed by atoms with van der Waals surface area (Å²) in [7, 11) is 0. The first kappa shape index (κ1) is 37.1. The molecule has 15 aromatic rings. The summed E-state index contributed by atoms with van der Waals surface area (Å²) in [6.45, 7) is 0. The Bertz CT molecular complexity index is 4530. The Kier molecular flexibility index (Phi) is 7.85. The molecule has 2 nitrogen and oxygen atoms in total. The van der Waals surface area contributed by atoms with Crippen molar-refractivity contribution in [3.05, 3.63) is 218 Å². The van der Waals surface area contributed by atoms with Crippen molar-refractivity contribution in [3.8, 4) is 44.6 Å². The maximum absolute atomic E-state index is 5.47. The zero-order chi connectivity index (χ0) is 43.7. The second kappa shape index (κ2) is 14.2. The lowest BCUT2D eigenvalue weighted by Crippen LogP contribution is -1.93. The molecule has 0 unspecified atom stereocenters. The third-order valence-electron chi connectivity index (χ3n) is 14.1. The van der Waals surface area contributed by atoms with Crippen LogP contribution in [0.15, 0.2) is 218 Å². The van der Waals surface area contributed by atoms with Gasteiger partial charge in [-0.3, -0.25) is 4.40 Å². The van der Waals surface area contributed by atoms with Gasteiger partial charge in [0.15, 0.2) is 5.65 Å². The van der Waals surface area contributed by atoms with Crippen LogP contribution in [-0.4, -0.2) is 9.38 Å². The maximum atomic E-state index is 5.47. The van der Waals surface area contributed by atoms with E-state index in [1.165, 1.54) is 117 Å². The summed E-state index contributed by atoms with van der Waals surface area (Å²) in [6, 6.07) is 81.0. The molecule has 0 saturated carbocycles. The molecule has 0 atom stereocenters. The van der Waals surface area contributed by atoms with Gasteiger partial charge in [-0.25, -0.2) is 4.98 Å². The topological polar surface area (TPSA) is 17.3 Å². The maximum Gasteiger partial charge on any atom is 0.156 e. The minimum Gasteiger partial charge on any atom is -0.291 e. The van der Waals surface area contributed by atoms with Crippen molar-refractivity contribution in [3.63, 3.8) is 0 Å². The average Bonchev–Trinajstić information content (AvgIpc) is 4.07. The summed E-state index contributed by atoms with van der Waals surface area (Å²) < 4.78 is 7.58. The number of pyridine rings is 1. The molecule has 310 valence electrons. The Morgan fingerprint density at radius 1 is 0.313 bits per heavy atom. The van der Waals surface area contributed by atoms with Gasteiger partial charge in [0, 0.05) is 35.6 Å². The van der Waals surface area contributed by atoms with Crippen molar-refractivity contribution in [2.45, 2.75) is 0 Å². The highest BCUT2D eigenvalue weighted by atomic mass is 32.1. The highest BCUT2D eigenvalue weighted by molar-refractivity contribution is 7.27. The molecule has 15 rings (SSSR count). The normalized spacial score (nSPS) is 12.2. The summed E-state index contributed by atoms with van der Waals surface area (Å²) in [5, 5.41) is 15.1. The Labute approximate surface area is 392 Å². The van der Waals surface area contributed by atoms with Crippen LogP contribution < -0.4 is 0 Å². The molecule has 4 aromatic heterocycles. The zero-order valence-corrected chi connectivity index (χ0v) is 37.6. The summed E-state index contributed by atoms with van der Waals surface area (Å²) in [5.74, 6) is 0. The fourth-order valence-corrected chi connectivity index (χ4v) is 13.3. The van der Waals surface area contributed by atoms with Crippen molar-refractivity contribution in [1.82, 2.24) is 9.38 Å². The van der Waals surface area contributed by atoms with Crippen molar-refractivity contribution in [1.29, 1.82) is 0 Å². The fraction of sp³-hybridized carbons (Fsp3) is 0. The molecule has 0 aliphatic carbocycles. The van der Waals surface area contributed by atoms with Gasteiger partial charge >= 0.3 is 0 Å². The van der Waals surface area contributed by atoms with E-state index < -0.39 is 0 Å². The standard InChI is InChI=1S/C63H36N2S2/c1-2-11-42-31-46-34-58-56(33-45(46)30-41(42)10-1)64-63-62-55(54-32-43-12-3-4-13-44(43)35-60(54)67-62)36-57(65(58)63)40-26-24-38(25-27-40)48-29-28-47(50-14-5-6-15-51(48)50)37-20-22-39(23-21-37)49-17-9-18-53-52-16-7-8-19-59(52)66-61(49)53/h1-36H. The quantitative estimate of drug-likeness (QED) is 0.161. The Hall–Kier alpha value is -8.15. The van der Waals surface area contributed by atoms with Crippen LogP contribution in [0.3, 0.4) is 0 Å². The molecule has 67 heavy (non-hydrogen) atoms. The van der Waals surface area contributed by atoms with E-state index in [1.807, 2.05) is 22.7 Å². The van der Waals surface area contributed by atoms with Gasteiger partial charge in [-0.2, -0.15) is 0 Å². The number of benzene rings is 11. The molecular weight excluding hydrogens is 849 g/mol. The Morgan fingerprint density at radius 2 is 0.851 bits per heavy atom. The lowest BCUT2D eigenvalue weighted by molar-refractivity contribution is 1.25. The van der Waals surface area contributed by atoms with Crippen molar-refractivity contribution in [2.24, 2.45) is 0 Å². The van der Waals surface area contributed by atoms with Gasteiger partial charge in [0.1, 0.15) is 0 Å². The number of aromatic nitrogens is 2. The van der Waals surface area contributed by atoms with Crippen molar-refractivity contribution in [2.75, 3.05) is 0 Å². The minimum atomic E-state index is 1.00. The summed E-state index contributed by atoms with van der Waals surface area (Å²) in [4.78, 5) is 5.47. The second-order valence-electron chi connectivity index (χ2n) is 17.9. The molecule has 0 bridgehead atoms. The molecule has 0 N–H and O–H groups in total. The molecule has 4 heteroatoms. The number of rotatable bonds is 4. The average molecular weight is 885 g/mol. The van der Waals surface area contributed by atoms with Gasteiger partial charge in [0.25, 0.3) is 0 Å². The first-order chi connectivity index (χ1) is 33.2. The van der Waals surface area contributed by atoms with E-state index in [-0.39, 0.29) is 0 Å². The van der Waals surface area contributed by atoms with E-state index in [4.69, 9.17) is 4.98 Å². The molecule has 11 aromatic carbocycles. The number of nitrogens with zero attached hydrogens (tertiary/aromatic N) is 2. The molecule has 0 saturated heterocycles. The molecule has 0 aliphatic heterocycles. The van der Waals surface area contributed by atoms with E-state index in [9.17, 15) is 0 Å². The third-order valence-corrected chi connectivity index (χ3v) is 16.5. The van der Waals surface area contributed by atoms with Crippen molar-refractivity contribution >= 4 is 123 Å². The third kappa shape index (κ3) is 5.64. The van der Waals surface area contributed by atoms with Crippen LogP contribution >= 0.6 is 22.7 Å². The Morgan fingerprint density at radius 3 is 1.54 bits per heavy atom. The van der Waals surface area contributed by atoms with Crippen LogP contribution in [0.25, 0.3) is 145 Å². The smallest absolute Gasteiger partial charge is 0.156 e. The van der Waals surface area contributed by atoms with E-state index in [2.05, 4.69) is 223 Å². The lowest BCUT2D eigenvalue weighted by atomic mass is 9.91. The molecular formula is C63H36N2S2. The van der Waals surface area contributed by atoms with E-state index in [0.29, 0.717) is 0 Å². The molecule has 0 radical (unpaired) electrons. The summed E-state index contributed by atoms with van der Waals surface area (Å²) in [5.41, 5.74) is 12.8. The SMILES string of the molecule is c1ccc2cc3cc4c(cc3cc2c1)nc1c2sc3cc5ccccc5cc3c2cc(-c2ccc(-c3ccc(-c5ccc(-c6cccc7c6sc6ccccc67)cc5)c5ccccc35)cc2)n41. The second-order valence-corrected chi connectivity index (χ2v) is 20.0. The number of hydrogen-bond donors (Lipinski definition) is 0. The highest BCUT2D eigenvalue weighted by Crippen LogP contribution is 2.45. The van der Waals surface area contributed by atoms with Crippen LogP contribution in [0.2, 0.25) is 0 Å². The molecule has 4 heterocycles. The van der Waals surface area contributed by atoms with E-state index in [1.54, 1.807) is 0 Å². The highest BCUT2D eigenvalue weighted by Gasteiger charge is 2.20. The van der Waals surface area contributed by atoms with Crippen molar-refractivity contribution < 1.29 is 0 Å². The summed E-state index contributed by atoms with van der Waals surface area (Å²) in [6.07, 6.45) is 0. The van der Waals surface area contributed by atoms with Gasteiger partial charge < -0.3 is 0 Å². The van der Waals surface area contributed by atoms with E-state index in [0.717, 1.165) is 27.9 Å². The first-order valence-electron chi connectivity index (χ1n) is 22.8. The van der Waals surface area contributed by atoms with Gasteiger partial charge in [0.05, 0.1) is 21.4 Å². The van der Waals surface area contributed by atoms with E-state index >= 15 is 0 Å². The molecule has 0 amide bonds. The van der Waals surface area contributed by atoms with Gasteiger partial charge in [-0.1, -0.05) is 170 Å². The first-order valence-corrected chi connectivity index (χ1v) is 24.5. The number of fused-ring (bicyclic) bond motifs is 14. The predicted molar refractivity (Wildman–Crippen MR) is 290 cm³/mol. The molecule has 0 fully saturated rings. The van der Waals surface area contributed by atoms with Crippen LogP contribution in [0.5, 0.6) is 0 Å². The molecule has 0 aliphatic rings. The predicted octanol–water partition coefficient (Wildman–Crippen LogP) is 18.5. The van der Waals surface area contributed by atoms with Gasteiger partial charge in [0.2, 0.25) is 0 Å². The van der Waals surface area contributed by atoms with Crippen LogP contribution in [0.1, 0.15) is 0 Å². The summed E-state index contributed by atoms with van der Waals surface area (Å²) >= 11 is 3.73. The van der Waals surface area contributed by atoms with Crippen LogP contribution in [0.4, 0.5) is 0 Å². The fourth-order valence-electron chi connectivity index (χ4n) is 10.9. The van der Waals surface area contributed by atoms with Gasteiger partial charge in [-0.15, -0.1) is 22.7 Å². The van der Waals surface area contributed by atoms with Crippen LogP contribution in [0, 0.1) is 0 Å². The minimum absolute atomic E-state index is 1.00. The van der Waals surface area contributed by atoms with Crippen LogP contribution in [-0.2, 0) is 0 Å².